The zero-order chi connectivity index (χ0) is 20.8. The molecular weight excluding hydrogens is 397 g/mol. The minimum Gasteiger partial charge on any atom is -0.507 e. The molecule has 2 nitrogen and oxygen atoms in total. The number of rotatable bonds is 4. The van der Waals surface area contributed by atoms with Gasteiger partial charge in [0.1, 0.15) is 5.76 Å². The van der Waals surface area contributed by atoms with E-state index < -0.39 is 11.7 Å². The maximum atomic E-state index is 13.1. The van der Waals surface area contributed by atoms with E-state index in [1.54, 1.807) is 24.3 Å². The van der Waals surface area contributed by atoms with Crippen LogP contribution in [0.5, 0.6) is 0 Å². The summed E-state index contributed by atoms with van der Waals surface area (Å²) in [6, 6.07) is 12.2. The highest BCUT2D eigenvalue weighted by molar-refractivity contribution is 7.11. The average Bonchev–Trinajstić information content (AvgIpc) is 3.27. The van der Waals surface area contributed by atoms with Crippen LogP contribution >= 0.6 is 11.3 Å². The Hall–Kier alpha value is -2.86. The number of aliphatic hydroxyl groups is 1. The van der Waals surface area contributed by atoms with E-state index in [1.165, 1.54) is 17.4 Å². The summed E-state index contributed by atoms with van der Waals surface area (Å²) in [5.41, 5.74) is 2.73. The monoisotopic (exact) mass is 414 g/mol. The fourth-order valence-corrected chi connectivity index (χ4v) is 4.61. The van der Waals surface area contributed by atoms with Crippen molar-refractivity contribution in [1.29, 1.82) is 0 Å². The predicted molar refractivity (Wildman–Crippen MR) is 108 cm³/mol. The standard InChI is InChI=1S/C23H17F3O2S/c1-13(27)21-9-14(12-29-21)8-16-11-20-18(6-3-7-19(20)22(16)28)15-4-2-5-17(10-15)23(24,25)26/h2-7,9-10,12,16,27H,1,8,11H2. The topological polar surface area (TPSA) is 37.3 Å². The minimum absolute atomic E-state index is 0.00407. The highest BCUT2D eigenvalue weighted by Gasteiger charge is 2.34. The summed E-state index contributed by atoms with van der Waals surface area (Å²) in [5.74, 6) is -0.273. The van der Waals surface area contributed by atoms with E-state index in [1.807, 2.05) is 11.4 Å². The molecule has 148 valence electrons. The molecule has 1 atom stereocenters. The van der Waals surface area contributed by atoms with Crippen LogP contribution in [0.3, 0.4) is 0 Å². The van der Waals surface area contributed by atoms with Gasteiger partial charge in [0, 0.05) is 11.5 Å². The Bertz CT molecular complexity index is 1110. The van der Waals surface area contributed by atoms with Gasteiger partial charge in [0.15, 0.2) is 5.78 Å². The molecule has 2 aromatic carbocycles. The van der Waals surface area contributed by atoms with Gasteiger partial charge in [0.05, 0.1) is 10.4 Å². The van der Waals surface area contributed by atoms with Gasteiger partial charge in [-0.3, -0.25) is 4.79 Å². The van der Waals surface area contributed by atoms with Gasteiger partial charge in [0.25, 0.3) is 0 Å². The lowest BCUT2D eigenvalue weighted by Gasteiger charge is -2.12. The van der Waals surface area contributed by atoms with Crippen LogP contribution in [0.1, 0.15) is 31.9 Å². The summed E-state index contributed by atoms with van der Waals surface area (Å²) >= 11 is 1.36. The van der Waals surface area contributed by atoms with E-state index in [0.717, 1.165) is 23.3 Å². The van der Waals surface area contributed by atoms with Crippen molar-refractivity contribution >= 4 is 22.9 Å². The highest BCUT2D eigenvalue weighted by atomic mass is 32.1. The van der Waals surface area contributed by atoms with Crippen molar-refractivity contribution in [2.75, 3.05) is 0 Å². The van der Waals surface area contributed by atoms with Crippen molar-refractivity contribution < 1.29 is 23.1 Å². The normalized spacial score (nSPS) is 16.1. The Kier molecular flexibility index (Phi) is 4.82. The number of halogens is 3. The molecule has 0 aliphatic heterocycles. The molecule has 29 heavy (non-hydrogen) atoms. The van der Waals surface area contributed by atoms with Gasteiger partial charge < -0.3 is 5.11 Å². The molecule has 0 bridgehead atoms. The van der Waals surface area contributed by atoms with Gasteiger partial charge in [-0.15, -0.1) is 11.3 Å². The van der Waals surface area contributed by atoms with Crippen LogP contribution in [0.2, 0.25) is 0 Å². The number of thiophene rings is 1. The third kappa shape index (κ3) is 3.72. The number of alkyl halides is 3. The molecule has 0 radical (unpaired) electrons. The number of carbonyl (C=O) groups excluding carboxylic acids is 1. The first kappa shape index (κ1) is 19.5. The zero-order valence-electron chi connectivity index (χ0n) is 15.3. The van der Waals surface area contributed by atoms with Gasteiger partial charge in [-0.05, 0) is 58.7 Å². The number of fused-ring (bicyclic) bond motifs is 1. The maximum absolute atomic E-state index is 13.1. The van der Waals surface area contributed by atoms with Crippen LogP contribution in [0.15, 0.2) is 60.5 Å². The van der Waals surface area contributed by atoms with E-state index in [-0.39, 0.29) is 17.5 Å². The van der Waals surface area contributed by atoms with Gasteiger partial charge >= 0.3 is 6.18 Å². The van der Waals surface area contributed by atoms with Gasteiger partial charge in [-0.25, -0.2) is 0 Å². The van der Waals surface area contributed by atoms with Crippen molar-refractivity contribution in [1.82, 2.24) is 0 Å². The summed E-state index contributed by atoms with van der Waals surface area (Å²) < 4.78 is 39.3. The number of aliphatic hydroxyl groups excluding tert-OH is 1. The Balaban J connectivity index is 1.65. The molecule has 6 heteroatoms. The number of benzene rings is 2. The molecule has 1 heterocycles. The van der Waals surface area contributed by atoms with Crippen LogP contribution in [-0.4, -0.2) is 10.9 Å². The molecule has 3 aromatic rings. The van der Waals surface area contributed by atoms with Gasteiger partial charge in [0.2, 0.25) is 0 Å². The molecule has 1 unspecified atom stereocenters. The smallest absolute Gasteiger partial charge is 0.416 e. The molecule has 1 aliphatic rings. The quantitative estimate of drug-likeness (QED) is 0.491. The van der Waals surface area contributed by atoms with Crippen molar-refractivity contribution in [3.05, 3.63) is 87.6 Å². The van der Waals surface area contributed by atoms with E-state index in [0.29, 0.717) is 34.4 Å². The molecule has 1 aliphatic carbocycles. The zero-order valence-corrected chi connectivity index (χ0v) is 16.1. The second kappa shape index (κ2) is 7.19. The number of ketones is 1. The van der Waals surface area contributed by atoms with Crippen LogP contribution in [0.4, 0.5) is 13.2 Å². The third-order valence-electron chi connectivity index (χ3n) is 5.18. The summed E-state index contributed by atoms with van der Waals surface area (Å²) in [7, 11) is 0. The first-order valence-corrected chi connectivity index (χ1v) is 9.91. The molecule has 0 fully saturated rings. The number of hydrogen-bond acceptors (Lipinski definition) is 3. The van der Waals surface area contributed by atoms with Gasteiger partial charge in [-0.1, -0.05) is 36.9 Å². The molecule has 1 N–H and O–H groups in total. The summed E-state index contributed by atoms with van der Waals surface area (Å²) in [5, 5.41) is 11.4. The first-order chi connectivity index (χ1) is 13.7. The Morgan fingerprint density at radius 3 is 2.55 bits per heavy atom. The lowest BCUT2D eigenvalue weighted by Crippen LogP contribution is -2.11. The largest absolute Gasteiger partial charge is 0.507 e. The van der Waals surface area contributed by atoms with Crippen LogP contribution in [-0.2, 0) is 19.0 Å². The molecule has 1 aromatic heterocycles. The van der Waals surface area contributed by atoms with Crippen molar-refractivity contribution in [2.24, 2.45) is 5.92 Å². The third-order valence-corrected chi connectivity index (χ3v) is 6.21. The summed E-state index contributed by atoms with van der Waals surface area (Å²) in [6.07, 6.45) is -3.43. The molecule has 0 saturated carbocycles. The SMILES string of the molecule is C=C(O)c1cc(CC2Cc3c(cccc3-c3cccc(C(F)(F)F)c3)C2=O)cs1. The Morgan fingerprint density at radius 1 is 1.14 bits per heavy atom. The predicted octanol–water partition coefficient (Wildman–Crippen LogP) is 6.56. The van der Waals surface area contributed by atoms with E-state index >= 15 is 0 Å². The Morgan fingerprint density at radius 2 is 1.86 bits per heavy atom. The average molecular weight is 414 g/mol. The molecule has 4 rings (SSSR count). The number of hydrogen-bond donors (Lipinski definition) is 1. The first-order valence-electron chi connectivity index (χ1n) is 9.03. The summed E-state index contributed by atoms with van der Waals surface area (Å²) in [4.78, 5) is 13.6. The van der Waals surface area contributed by atoms with E-state index in [9.17, 15) is 23.1 Å². The van der Waals surface area contributed by atoms with Crippen molar-refractivity contribution in [3.63, 3.8) is 0 Å². The highest BCUT2D eigenvalue weighted by Crippen LogP contribution is 2.38. The second-order valence-corrected chi connectivity index (χ2v) is 8.06. The Labute approximate surface area is 169 Å². The lowest BCUT2D eigenvalue weighted by atomic mass is 9.94. The fourth-order valence-electron chi connectivity index (χ4n) is 3.81. The van der Waals surface area contributed by atoms with E-state index in [4.69, 9.17) is 0 Å². The van der Waals surface area contributed by atoms with Crippen molar-refractivity contribution in [3.8, 4) is 11.1 Å². The van der Waals surface area contributed by atoms with E-state index in [2.05, 4.69) is 6.58 Å². The number of carbonyl (C=O) groups is 1. The second-order valence-electron chi connectivity index (χ2n) is 7.15. The summed E-state index contributed by atoms with van der Waals surface area (Å²) in [6.45, 7) is 3.51. The number of Topliss-reactive ketones (excluding diaryl/α,β-unsaturated/α-hetero) is 1. The van der Waals surface area contributed by atoms with Gasteiger partial charge in [-0.2, -0.15) is 13.2 Å². The van der Waals surface area contributed by atoms with Crippen LogP contribution in [0.25, 0.3) is 16.9 Å². The fraction of sp³-hybridized carbons (Fsp3) is 0.174. The molecule has 0 saturated heterocycles. The van der Waals surface area contributed by atoms with Crippen LogP contribution < -0.4 is 0 Å². The lowest BCUT2D eigenvalue weighted by molar-refractivity contribution is -0.137. The molecular formula is C23H17F3O2S. The molecule has 0 amide bonds. The van der Waals surface area contributed by atoms with Crippen molar-refractivity contribution in [2.45, 2.75) is 19.0 Å². The molecule has 0 spiro atoms. The van der Waals surface area contributed by atoms with Crippen LogP contribution in [0, 0.1) is 5.92 Å². The minimum atomic E-state index is -4.42. The maximum Gasteiger partial charge on any atom is 0.416 e.